The van der Waals surface area contributed by atoms with Crippen molar-refractivity contribution in [3.63, 3.8) is 0 Å². The quantitative estimate of drug-likeness (QED) is 0.322. The first kappa shape index (κ1) is 19.8. The summed E-state index contributed by atoms with van der Waals surface area (Å²) in [5.74, 6) is 2.30. The SMILES string of the molecule is Cc1cc(-c2ccccc2)c(C#N)c(SCc2cccc(Oc3ccccc3)c2)n1. The van der Waals surface area contributed by atoms with Crippen LogP contribution in [0.15, 0.2) is 96.0 Å². The molecule has 1 heterocycles. The van der Waals surface area contributed by atoms with E-state index >= 15 is 0 Å². The Labute approximate surface area is 181 Å². The summed E-state index contributed by atoms with van der Waals surface area (Å²) in [6.07, 6.45) is 0. The molecular formula is C26H20N2OS. The molecule has 3 nitrogen and oxygen atoms in total. The largest absolute Gasteiger partial charge is 0.457 e. The van der Waals surface area contributed by atoms with E-state index in [4.69, 9.17) is 4.74 Å². The molecule has 0 bridgehead atoms. The van der Waals surface area contributed by atoms with E-state index in [-0.39, 0.29) is 0 Å². The number of nitrogens with zero attached hydrogens (tertiary/aromatic N) is 2. The number of thioether (sulfide) groups is 1. The Hall–Kier alpha value is -3.55. The third-order valence-corrected chi connectivity index (χ3v) is 5.61. The number of pyridine rings is 1. The van der Waals surface area contributed by atoms with Gasteiger partial charge in [-0.2, -0.15) is 5.26 Å². The zero-order chi connectivity index (χ0) is 20.8. The Morgan fingerprint density at radius 2 is 1.57 bits per heavy atom. The summed E-state index contributed by atoms with van der Waals surface area (Å²) in [7, 11) is 0. The highest BCUT2D eigenvalue weighted by atomic mass is 32.2. The van der Waals surface area contributed by atoms with E-state index in [0.717, 1.165) is 38.9 Å². The third kappa shape index (κ3) is 4.71. The average Bonchev–Trinajstić information content (AvgIpc) is 2.79. The van der Waals surface area contributed by atoms with Crippen LogP contribution in [0.2, 0.25) is 0 Å². The zero-order valence-corrected chi connectivity index (χ0v) is 17.4. The van der Waals surface area contributed by atoms with Gasteiger partial charge in [0.15, 0.2) is 0 Å². The molecule has 0 amide bonds. The number of ether oxygens (including phenoxy) is 1. The molecule has 0 saturated heterocycles. The summed E-state index contributed by atoms with van der Waals surface area (Å²) in [4.78, 5) is 4.64. The van der Waals surface area contributed by atoms with Crippen LogP contribution in [0.5, 0.6) is 11.5 Å². The van der Waals surface area contributed by atoms with Crippen molar-refractivity contribution in [1.82, 2.24) is 4.98 Å². The van der Waals surface area contributed by atoms with Gasteiger partial charge in [0.25, 0.3) is 0 Å². The number of para-hydroxylation sites is 1. The highest BCUT2D eigenvalue weighted by Gasteiger charge is 2.14. The summed E-state index contributed by atoms with van der Waals surface area (Å²) in [6, 6.07) is 32.1. The van der Waals surface area contributed by atoms with Gasteiger partial charge >= 0.3 is 0 Å². The molecule has 0 fully saturated rings. The normalized spacial score (nSPS) is 10.4. The Bertz CT molecular complexity index is 1180. The molecule has 4 aromatic rings. The van der Waals surface area contributed by atoms with Gasteiger partial charge in [0.2, 0.25) is 0 Å². The summed E-state index contributed by atoms with van der Waals surface area (Å²) < 4.78 is 5.93. The van der Waals surface area contributed by atoms with Crippen LogP contribution in [0, 0.1) is 18.3 Å². The average molecular weight is 409 g/mol. The molecule has 1 aromatic heterocycles. The fourth-order valence-electron chi connectivity index (χ4n) is 3.18. The van der Waals surface area contributed by atoms with E-state index < -0.39 is 0 Å². The molecule has 4 rings (SSSR count). The van der Waals surface area contributed by atoms with Gasteiger partial charge in [-0.15, -0.1) is 11.8 Å². The summed E-state index contributed by atoms with van der Waals surface area (Å²) in [5, 5.41) is 10.6. The summed E-state index contributed by atoms with van der Waals surface area (Å²) in [6.45, 7) is 1.96. The second kappa shape index (κ2) is 9.30. The van der Waals surface area contributed by atoms with Crippen LogP contribution in [0.1, 0.15) is 16.8 Å². The van der Waals surface area contributed by atoms with Crippen molar-refractivity contribution in [2.45, 2.75) is 17.7 Å². The highest BCUT2D eigenvalue weighted by molar-refractivity contribution is 7.98. The van der Waals surface area contributed by atoms with Crippen LogP contribution in [0.3, 0.4) is 0 Å². The van der Waals surface area contributed by atoms with E-state index in [1.165, 1.54) is 0 Å². The molecule has 0 spiro atoms. The number of hydrogen-bond acceptors (Lipinski definition) is 4. The maximum atomic E-state index is 9.83. The lowest BCUT2D eigenvalue weighted by Gasteiger charge is -2.11. The molecule has 0 radical (unpaired) electrons. The van der Waals surface area contributed by atoms with Crippen molar-refractivity contribution in [2.75, 3.05) is 0 Å². The van der Waals surface area contributed by atoms with Gasteiger partial charge < -0.3 is 4.74 Å². The second-order valence-corrected chi connectivity index (χ2v) is 7.78. The minimum Gasteiger partial charge on any atom is -0.457 e. The van der Waals surface area contributed by atoms with E-state index in [0.29, 0.717) is 11.3 Å². The number of rotatable bonds is 6. The molecule has 146 valence electrons. The molecule has 0 aliphatic carbocycles. The minimum absolute atomic E-state index is 0.619. The van der Waals surface area contributed by atoms with Crippen molar-refractivity contribution in [1.29, 1.82) is 5.26 Å². The van der Waals surface area contributed by atoms with Crippen LogP contribution in [0.4, 0.5) is 0 Å². The first-order valence-corrected chi connectivity index (χ1v) is 10.6. The number of aryl methyl sites for hydroxylation is 1. The molecule has 0 saturated carbocycles. The van der Waals surface area contributed by atoms with Crippen molar-refractivity contribution < 1.29 is 4.74 Å². The highest BCUT2D eigenvalue weighted by Crippen LogP contribution is 2.33. The molecule has 0 aliphatic heterocycles. The zero-order valence-electron chi connectivity index (χ0n) is 16.6. The number of aromatic nitrogens is 1. The molecule has 3 aromatic carbocycles. The Morgan fingerprint density at radius 3 is 2.30 bits per heavy atom. The lowest BCUT2D eigenvalue weighted by atomic mass is 10.0. The summed E-state index contributed by atoms with van der Waals surface area (Å²) >= 11 is 1.57. The molecular weight excluding hydrogens is 388 g/mol. The lowest BCUT2D eigenvalue weighted by Crippen LogP contribution is -1.95. The number of benzene rings is 3. The van der Waals surface area contributed by atoms with Crippen molar-refractivity contribution in [2.24, 2.45) is 0 Å². The summed E-state index contributed by atoms with van der Waals surface area (Å²) in [5.41, 5.74) is 4.58. The van der Waals surface area contributed by atoms with E-state index in [1.54, 1.807) is 11.8 Å². The first-order valence-electron chi connectivity index (χ1n) is 9.65. The van der Waals surface area contributed by atoms with Gasteiger partial charge in [0.05, 0.1) is 5.56 Å². The topological polar surface area (TPSA) is 45.9 Å². The second-order valence-electron chi connectivity index (χ2n) is 6.82. The number of nitriles is 1. The third-order valence-electron chi connectivity index (χ3n) is 4.56. The van der Waals surface area contributed by atoms with Crippen LogP contribution in [-0.2, 0) is 5.75 Å². The number of hydrogen-bond donors (Lipinski definition) is 0. The minimum atomic E-state index is 0.619. The van der Waals surface area contributed by atoms with Crippen LogP contribution >= 0.6 is 11.8 Å². The van der Waals surface area contributed by atoms with Crippen LogP contribution < -0.4 is 4.74 Å². The smallest absolute Gasteiger partial charge is 0.127 e. The fourth-order valence-corrected chi connectivity index (χ4v) is 4.17. The monoisotopic (exact) mass is 408 g/mol. The maximum Gasteiger partial charge on any atom is 0.127 e. The van der Waals surface area contributed by atoms with Crippen molar-refractivity contribution in [3.05, 3.63) is 108 Å². The van der Waals surface area contributed by atoms with Crippen molar-refractivity contribution >= 4 is 11.8 Å². The van der Waals surface area contributed by atoms with Gasteiger partial charge in [-0.25, -0.2) is 4.98 Å². The van der Waals surface area contributed by atoms with Gasteiger partial charge in [0, 0.05) is 17.0 Å². The Morgan fingerprint density at radius 1 is 0.867 bits per heavy atom. The van der Waals surface area contributed by atoms with Crippen LogP contribution in [-0.4, -0.2) is 4.98 Å². The Balaban J connectivity index is 1.56. The maximum absolute atomic E-state index is 9.83. The van der Waals surface area contributed by atoms with Crippen LogP contribution in [0.25, 0.3) is 11.1 Å². The predicted molar refractivity (Wildman–Crippen MR) is 122 cm³/mol. The first-order chi connectivity index (χ1) is 14.7. The van der Waals surface area contributed by atoms with Gasteiger partial charge in [-0.05, 0) is 48.4 Å². The van der Waals surface area contributed by atoms with E-state index in [2.05, 4.69) is 17.1 Å². The molecule has 4 heteroatoms. The van der Waals surface area contributed by atoms with Crippen molar-refractivity contribution in [3.8, 4) is 28.7 Å². The Kier molecular flexibility index (Phi) is 6.12. The molecule has 0 unspecified atom stereocenters. The molecule has 0 atom stereocenters. The van der Waals surface area contributed by atoms with E-state index in [1.807, 2.05) is 91.9 Å². The van der Waals surface area contributed by atoms with E-state index in [9.17, 15) is 5.26 Å². The fraction of sp³-hybridized carbons (Fsp3) is 0.0769. The van der Waals surface area contributed by atoms with Gasteiger partial charge in [-0.3, -0.25) is 0 Å². The van der Waals surface area contributed by atoms with Gasteiger partial charge in [0.1, 0.15) is 22.6 Å². The standard InChI is InChI=1S/C26H20N2OS/c1-19-15-24(21-10-4-2-5-11-21)25(17-27)26(28-19)30-18-20-9-8-14-23(16-20)29-22-12-6-3-7-13-22/h2-16H,18H2,1H3. The van der Waals surface area contributed by atoms with Gasteiger partial charge in [-0.1, -0.05) is 60.7 Å². The predicted octanol–water partition coefficient (Wildman–Crippen LogP) is 7.01. The molecule has 0 N–H and O–H groups in total. The molecule has 0 aliphatic rings. The molecule has 30 heavy (non-hydrogen) atoms. The lowest BCUT2D eigenvalue weighted by molar-refractivity contribution is 0.482.